The maximum absolute atomic E-state index is 9.49. The van der Waals surface area contributed by atoms with Crippen molar-refractivity contribution in [3.05, 3.63) is 35.4 Å². The van der Waals surface area contributed by atoms with Crippen LogP contribution >= 0.6 is 0 Å². The van der Waals surface area contributed by atoms with E-state index in [4.69, 9.17) is 18.9 Å². The van der Waals surface area contributed by atoms with E-state index in [1.807, 2.05) is 0 Å². The SMILES string of the molecule is CCCCCCCCCCCCCCCCCC[N+](CCOCCO)(CCOCCO)Cc1ccc(C[N+](CCCCCCCCCCCCCCCCCC)(CCOCCO)CCOCCO)cc1. The minimum atomic E-state index is 0.0286. The number of rotatable bonds is 58. The van der Waals surface area contributed by atoms with Crippen LogP contribution in [0.25, 0.3) is 0 Å². The van der Waals surface area contributed by atoms with Crippen molar-refractivity contribution in [2.45, 2.75) is 232 Å². The van der Waals surface area contributed by atoms with Gasteiger partial charge in [0.2, 0.25) is 0 Å². The molecule has 0 fully saturated rings. The lowest BCUT2D eigenvalue weighted by Gasteiger charge is -2.40. The molecular weight excluding hydrogens is 877 g/mol. The lowest BCUT2D eigenvalue weighted by Crippen LogP contribution is -2.52. The third-order valence-electron chi connectivity index (χ3n) is 14.8. The van der Waals surface area contributed by atoms with Crippen LogP contribution in [0.15, 0.2) is 24.3 Å². The second-order valence-electron chi connectivity index (χ2n) is 21.1. The minimum absolute atomic E-state index is 0.0286. The van der Waals surface area contributed by atoms with Gasteiger partial charge in [-0.1, -0.05) is 218 Å². The standard InChI is InChI=1S/C60H118N2O8/c1-3-5-7-9-11-13-15-17-19-21-23-25-27-29-31-33-39-61(41-49-67-53-45-63,42-50-68-54-46-64)57-59-35-37-60(38-36-59)58-62(43-51-69-55-47-65,44-52-70-56-48-66)40-34-32-30-28-26-24-22-20-18-16-14-12-10-8-6-4-2/h35-38,63-66H,3-34,39-58H2,1-2H3/q+2. The summed E-state index contributed by atoms with van der Waals surface area (Å²) in [6, 6.07) is 9.31. The third kappa shape index (κ3) is 40.2. The molecule has 0 aromatic heterocycles. The number of unbranched alkanes of at least 4 members (excludes halogenated alkanes) is 30. The Bertz CT molecular complexity index is 1060. The topological polar surface area (TPSA) is 118 Å². The van der Waals surface area contributed by atoms with Gasteiger partial charge in [-0.25, -0.2) is 0 Å². The zero-order chi connectivity index (χ0) is 50.6. The molecule has 0 saturated heterocycles. The van der Waals surface area contributed by atoms with Crippen molar-refractivity contribution in [3.63, 3.8) is 0 Å². The van der Waals surface area contributed by atoms with E-state index in [0.717, 1.165) is 74.2 Å². The van der Waals surface area contributed by atoms with Gasteiger partial charge in [0.15, 0.2) is 0 Å². The number of aliphatic hydroxyl groups is 4. The Balaban J connectivity index is 2.90. The maximum atomic E-state index is 9.49. The first-order valence-corrected chi connectivity index (χ1v) is 30.0. The Kier molecular flexibility index (Phi) is 49.0. The number of quaternary nitrogens is 2. The zero-order valence-corrected chi connectivity index (χ0v) is 46.4. The molecule has 0 radical (unpaired) electrons. The Labute approximate surface area is 433 Å². The van der Waals surface area contributed by atoms with E-state index >= 15 is 0 Å². The average Bonchev–Trinajstić information content (AvgIpc) is 3.37. The Morgan fingerprint density at radius 2 is 0.471 bits per heavy atom. The molecule has 0 saturated carbocycles. The van der Waals surface area contributed by atoms with Gasteiger partial charge in [-0.05, 0) is 25.7 Å². The molecular formula is C60H118N2O8+2. The number of hydrogen-bond acceptors (Lipinski definition) is 8. The van der Waals surface area contributed by atoms with Crippen LogP contribution in [0.3, 0.4) is 0 Å². The number of ether oxygens (including phenoxy) is 4. The van der Waals surface area contributed by atoms with Gasteiger partial charge < -0.3 is 48.3 Å². The van der Waals surface area contributed by atoms with Crippen LogP contribution in [0, 0.1) is 0 Å². The smallest absolute Gasteiger partial charge is 0.104 e. The van der Waals surface area contributed by atoms with Crippen LogP contribution in [0.5, 0.6) is 0 Å². The average molecular weight is 996 g/mol. The fourth-order valence-corrected chi connectivity index (χ4v) is 10.4. The molecule has 0 heterocycles. The summed E-state index contributed by atoms with van der Waals surface area (Å²) in [6.45, 7) is 15.7. The lowest BCUT2D eigenvalue weighted by atomic mass is 10.0. The van der Waals surface area contributed by atoms with Crippen molar-refractivity contribution in [2.75, 3.05) is 119 Å². The van der Waals surface area contributed by atoms with Crippen LogP contribution in [0.1, 0.15) is 230 Å². The van der Waals surface area contributed by atoms with Crippen molar-refractivity contribution in [2.24, 2.45) is 0 Å². The predicted molar refractivity (Wildman–Crippen MR) is 294 cm³/mol. The van der Waals surface area contributed by atoms with E-state index in [0.29, 0.717) is 52.9 Å². The van der Waals surface area contributed by atoms with E-state index in [1.54, 1.807) is 0 Å². The number of hydrogen-bond donors (Lipinski definition) is 4. The highest BCUT2D eigenvalue weighted by Gasteiger charge is 2.30. The van der Waals surface area contributed by atoms with Crippen LogP contribution < -0.4 is 0 Å². The van der Waals surface area contributed by atoms with Gasteiger partial charge in [0.25, 0.3) is 0 Å². The molecule has 10 heteroatoms. The maximum Gasteiger partial charge on any atom is 0.104 e. The Morgan fingerprint density at radius 3 is 0.671 bits per heavy atom. The van der Waals surface area contributed by atoms with E-state index in [2.05, 4.69) is 38.1 Å². The number of nitrogens with zero attached hydrogens (tertiary/aromatic N) is 2. The highest BCUT2D eigenvalue weighted by Crippen LogP contribution is 2.23. The summed E-state index contributed by atoms with van der Waals surface area (Å²) in [5.41, 5.74) is 2.61. The number of benzene rings is 1. The van der Waals surface area contributed by atoms with Crippen LogP contribution in [0.4, 0.5) is 0 Å². The summed E-state index contributed by atoms with van der Waals surface area (Å²) in [6.07, 6.45) is 43.4. The van der Waals surface area contributed by atoms with Gasteiger partial charge in [0.1, 0.15) is 39.3 Å². The largest absolute Gasteiger partial charge is 0.394 e. The summed E-state index contributed by atoms with van der Waals surface area (Å²) in [7, 11) is 0. The van der Waals surface area contributed by atoms with E-state index < -0.39 is 0 Å². The monoisotopic (exact) mass is 995 g/mol. The first-order valence-electron chi connectivity index (χ1n) is 30.0. The summed E-state index contributed by atoms with van der Waals surface area (Å²) in [5.74, 6) is 0. The molecule has 0 amide bonds. The van der Waals surface area contributed by atoms with Gasteiger partial charge in [-0.3, -0.25) is 0 Å². The van der Waals surface area contributed by atoms with Gasteiger partial charge in [0, 0.05) is 11.1 Å². The van der Waals surface area contributed by atoms with E-state index in [1.165, 1.54) is 204 Å². The quantitative estimate of drug-likeness (QED) is 0.0377. The molecule has 0 bridgehead atoms. The molecule has 0 unspecified atom stereocenters. The molecule has 0 spiro atoms. The molecule has 1 aromatic carbocycles. The molecule has 10 nitrogen and oxygen atoms in total. The van der Waals surface area contributed by atoms with Crippen LogP contribution in [0.2, 0.25) is 0 Å². The second kappa shape index (κ2) is 51.3. The van der Waals surface area contributed by atoms with Crippen molar-refractivity contribution < 1.29 is 48.3 Å². The fraction of sp³-hybridized carbons (Fsp3) is 0.900. The highest BCUT2D eigenvalue weighted by molar-refractivity contribution is 5.21. The summed E-state index contributed by atoms with van der Waals surface area (Å²) < 4.78 is 25.3. The van der Waals surface area contributed by atoms with Crippen molar-refractivity contribution in [3.8, 4) is 0 Å². The van der Waals surface area contributed by atoms with Crippen molar-refractivity contribution in [1.82, 2.24) is 0 Å². The van der Waals surface area contributed by atoms with Gasteiger partial charge in [-0.15, -0.1) is 0 Å². The van der Waals surface area contributed by atoms with Crippen LogP contribution in [-0.2, 0) is 32.0 Å². The van der Waals surface area contributed by atoms with E-state index in [-0.39, 0.29) is 26.4 Å². The highest BCUT2D eigenvalue weighted by atomic mass is 16.5. The lowest BCUT2D eigenvalue weighted by molar-refractivity contribution is -0.942. The van der Waals surface area contributed by atoms with E-state index in [9.17, 15) is 20.4 Å². The predicted octanol–water partition coefficient (Wildman–Crippen LogP) is 12.9. The summed E-state index contributed by atoms with van der Waals surface area (Å²) in [4.78, 5) is 0. The minimum Gasteiger partial charge on any atom is -0.394 e. The Morgan fingerprint density at radius 1 is 0.271 bits per heavy atom. The molecule has 0 aliphatic heterocycles. The molecule has 0 atom stereocenters. The Hall–Kier alpha value is -1.18. The molecule has 414 valence electrons. The van der Waals surface area contributed by atoms with Gasteiger partial charge >= 0.3 is 0 Å². The second-order valence-corrected chi connectivity index (χ2v) is 21.1. The van der Waals surface area contributed by atoms with Gasteiger partial charge in [-0.2, -0.15) is 0 Å². The van der Waals surface area contributed by atoms with Crippen LogP contribution in [-0.4, -0.2) is 148 Å². The van der Waals surface area contributed by atoms with Crippen molar-refractivity contribution >= 4 is 0 Å². The molecule has 0 aliphatic carbocycles. The first-order chi connectivity index (χ1) is 34.5. The molecule has 1 aromatic rings. The normalized spacial score (nSPS) is 12.2. The summed E-state index contributed by atoms with van der Waals surface area (Å²) >= 11 is 0. The fourth-order valence-electron chi connectivity index (χ4n) is 10.4. The van der Waals surface area contributed by atoms with Gasteiger partial charge in [0.05, 0.1) is 92.4 Å². The summed E-state index contributed by atoms with van der Waals surface area (Å²) in [5, 5.41) is 37.9. The van der Waals surface area contributed by atoms with Crippen molar-refractivity contribution in [1.29, 1.82) is 0 Å². The molecule has 0 aliphatic rings. The number of aliphatic hydroxyl groups excluding tert-OH is 4. The first kappa shape index (κ1) is 66.8. The zero-order valence-electron chi connectivity index (χ0n) is 46.4. The molecule has 4 N–H and O–H groups in total. The molecule has 1 rings (SSSR count). The molecule has 70 heavy (non-hydrogen) atoms. The third-order valence-corrected chi connectivity index (χ3v) is 14.8.